The van der Waals surface area contributed by atoms with Gasteiger partial charge in [-0.3, -0.25) is 9.88 Å². The quantitative estimate of drug-likeness (QED) is 0.334. The molecule has 3 fully saturated rings. The Hall–Kier alpha value is -3.52. The Morgan fingerprint density at radius 3 is 2.60 bits per heavy atom. The Kier molecular flexibility index (Phi) is 7.15. The molecule has 2 N–H and O–H groups in total. The lowest BCUT2D eigenvalue weighted by molar-refractivity contribution is 0.0549. The summed E-state index contributed by atoms with van der Waals surface area (Å²) in [4.78, 5) is 18.0. The van der Waals surface area contributed by atoms with Gasteiger partial charge in [0.05, 0.1) is 29.4 Å². The van der Waals surface area contributed by atoms with Crippen molar-refractivity contribution in [2.45, 2.75) is 37.3 Å². The van der Waals surface area contributed by atoms with E-state index in [0.717, 1.165) is 38.8 Å². The number of morpholine rings is 1. The predicted octanol–water partition coefficient (Wildman–Crippen LogP) is 3.62. The molecule has 3 aliphatic heterocycles. The maximum absolute atomic E-state index is 16.5. The first-order valence-electron chi connectivity index (χ1n) is 14.5. The van der Waals surface area contributed by atoms with Crippen molar-refractivity contribution in [1.29, 1.82) is 0 Å². The molecule has 0 amide bonds. The largest absolute Gasteiger partial charge is 0.461 e. The lowest BCUT2D eigenvalue weighted by Crippen LogP contribution is -2.46. The van der Waals surface area contributed by atoms with E-state index in [1.165, 1.54) is 12.3 Å². The monoisotopic (exact) mass is 610 g/mol. The molecule has 13 heteroatoms. The highest BCUT2D eigenvalue weighted by Gasteiger charge is 2.45. The number of halogens is 2. The number of hydrogen-bond donors (Lipinski definition) is 1. The summed E-state index contributed by atoms with van der Waals surface area (Å²) in [6.07, 6.45) is 5.00. The van der Waals surface area contributed by atoms with Gasteiger partial charge in [0.2, 0.25) is 10.0 Å². The Morgan fingerprint density at radius 2 is 1.84 bits per heavy atom. The van der Waals surface area contributed by atoms with Crippen molar-refractivity contribution in [3.8, 4) is 17.3 Å². The third kappa shape index (κ3) is 5.28. The molecule has 5 heterocycles. The van der Waals surface area contributed by atoms with Gasteiger partial charge < -0.3 is 14.4 Å². The van der Waals surface area contributed by atoms with Gasteiger partial charge in [0.15, 0.2) is 5.82 Å². The summed E-state index contributed by atoms with van der Waals surface area (Å²) >= 11 is 0. The standard InChI is InChI=1S/C30H32F2N6O4S/c31-23-8-2-6-19-5-1-7-21(24(19)23)26-25(32)27-22(15-34-26)28(37-13-14-41-20(16-37)17-43(33,39)40)36-29(35-27)42-18-30-9-3-11-38(30)12-4-10-30/h1-2,5-8,15,20H,3-4,9-14,16-18H2,(H2,33,39,40). The minimum Gasteiger partial charge on any atom is -0.461 e. The molecule has 4 aromatic rings. The molecule has 0 saturated carbocycles. The van der Waals surface area contributed by atoms with Crippen LogP contribution in [0.5, 0.6) is 6.01 Å². The van der Waals surface area contributed by atoms with Crippen LogP contribution >= 0.6 is 0 Å². The zero-order valence-corrected chi connectivity index (χ0v) is 24.3. The van der Waals surface area contributed by atoms with Crippen LogP contribution in [0.2, 0.25) is 0 Å². The molecule has 10 nitrogen and oxygen atoms in total. The lowest BCUT2D eigenvalue weighted by atomic mass is 9.95. The van der Waals surface area contributed by atoms with Crippen LogP contribution in [0.25, 0.3) is 32.9 Å². The average molecular weight is 611 g/mol. The fourth-order valence-electron chi connectivity index (χ4n) is 6.94. The molecule has 2 aromatic carbocycles. The van der Waals surface area contributed by atoms with Gasteiger partial charge in [-0.1, -0.05) is 30.3 Å². The number of fused-ring (bicyclic) bond motifs is 3. The number of hydrogen-bond acceptors (Lipinski definition) is 9. The van der Waals surface area contributed by atoms with Crippen molar-refractivity contribution >= 4 is 37.5 Å². The summed E-state index contributed by atoms with van der Waals surface area (Å²) < 4.78 is 67.0. The van der Waals surface area contributed by atoms with Gasteiger partial charge in [0.1, 0.15) is 29.5 Å². The fraction of sp³-hybridized carbons (Fsp3) is 0.433. The number of rotatable bonds is 7. The summed E-state index contributed by atoms with van der Waals surface area (Å²) in [6.45, 7) is 3.20. The maximum Gasteiger partial charge on any atom is 0.319 e. The van der Waals surface area contributed by atoms with Gasteiger partial charge in [0.25, 0.3) is 0 Å². The predicted molar refractivity (Wildman–Crippen MR) is 158 cm³/mol. The first-order chi connectivity index (χ1) is 20.7. The Labute approximate surface area is 247 Å². The smallest absolute Gasteiger partial charge is 0.319 e. The molecule has 0 radical (unpaired) electrons. The summed E-state index contributed by atoms with van der Waals surface area (Å²) in [5, 5.41) is 6.50. The topological polar surface area (TPSA) is 124 Å². The van der Waals surface area contributed by atoms with E-state index in [1.54, 1.807) is 30.3 Å². The first-order valence-corrected chi connectivity index (χ1v) is 16.2. The molecule has 3 aliphatic rings. The van der Waals surface area contributed by atoms with Crippen LogP contribution in [0, 0.1) is 11.6 Å². The maximum atomic E-state index is 16.5. The summed E-state index contributed by atoms with van der Waals surface area (Å²) in [6, 6.07) is 9.85. The summed E-state index contributed by atoms with van der Waals surface area (Å²) in [7, 11) is -3.79. The Morgan fingerprint density at radius 1 is 1.07 bits per heavy atom. The molecule has 0 aliphatic carbocycles. The minimum atomic E-state index is -3.79. The number of sulfonamides is 1. The number of benzene rings is 2. The van der Waals surface area contributed by atoms with E-state index in [4.69, 9.17) is 19.6 Å². The number of nitrogens with two attached hydrogens (primary N) is 1. The van der Waals surface area contributed by atoms with Crippen LogP contribution in [-0.4, -0.2) is 85.1 Å². The van der Waals surface area contributed by atoms with Crippen LogP contribution in [0.3, 0.4) is 0 Å². The molecule has 3 saturated heterocycles. The van der Waals surface area contributed by atoms with Crippen molar-refractivity contribution in [1.82, 2.24) is 19.9 Å². The second kappa shape index (κ2) is 10.9. The van der Waals surface area contributed by atoms with E-state index in [9.17, 15) is 12.8 Å². The fourth-order valence-corrected chi connectivity index (χ4v) is 7.66. The van der Waals surface area contributed by atoms with Crippen LogP contribution in [0.15, 0.2) is 42.6 Å². The molecule has 0 spiro atoms. The van der Waals surface area contributed by atoms with E-state index in [2.05, 4.69) is 14.9 Å². The van der Waals surface area contributed by atoms with Crippen molar-refractivity contribution in [3.63, 3.8) is 0 Å². The highest BCUT2D eigenvalue weighted by molar-refractivity contribution is 7.89. The zero-order valence-electron chi connectivity index (χ0n) is 23.5. The lowest BCUT2D eigenvalue weighted by Gasteiger charge is -2.34. The van der Waals surface area contributed by atoms with Gasteiger partial charge in [0, 0.05) is 30.2 Å². The average Bonchev–Trinajstić information content (AvgIpc) is 3.56. The van der Waals surface area contributed by atoms with Crippen LogP contribution < -0.4 is 14.8 Å². The third-order valence-corrected chi connectivity index (χ3v) is 9.73. The summed E-state index contributed by atoms with van der Waals surface area (Å²) in [5.74, 6) is -1.21. The number of anilines is 1. The normalized spacial score (nSPS) is 20.6. The van der Waals surface area contributed by atoms with Crippen LogP contribution in [0.1, 0.15) is 25.7 Å². The highest BCUT2D eigenvalue weighted by atomic mass is 32.2. The molecule has 0 bridgehead atoms. The third-order valence-electron chi connectivity index (χ3n) is 8.89. The molecule has 226 valence electrons. The van der Waals surface area contributed by atoms with Crippen LogP contribution in [-0.2, 0) is 14.8 Å². The number of ether oxygens (including phenoxy) is 2. The van der Waals surface area contributed by atoms with E-state index in [-0.39, 0.29) is 47.1 Å². The zero-order chi connectivity index (χ0) is 29.8. The highest BCUT2D eigenvalue weighted by Crippen LogP contribution is 2.40. The van der Waals surface area contributed by atoms with E-state index < -0.39 is 27.8 Å². The SMILES string of the molecule is NS(=O)(=O)CC1CN(c2nc(OCC34CCCN3CCC4)nc3c(F)c(-c4cccc5cccc(F)c45)ncc23)CCO1. The van der Waals surface area contributed by atoms with Gasteiger partial charge >= 0.3 is 6.01 Å². The molecular formula is C30H32F2N6O4S. The van der Waals surface area contributed by atoms with E-state index in [1.807, 2.05) is 4.90 Å². The van der Waals surface area contributed by atoms with Crippen molar-refractivity contribution < 1.29 is 26.7 Å². The van der Waals surface area contributed by atoms with Gasteiger partial charge in [-0.25, -0.2) is 22.3 Å². The number of nitrogens with zero attached hydrogens (tertiary/aromatic N) is 5. The van der Waals surface area contributed by atoms with Crippen LogP contribution in [0.4, 0.5) is 14.6 Å². The molecule has 1 unspecified atom stereocenters. The van der Waals surface area contributed by atoms with Crippen molar-refractivity contribution in [2.75, 3.05) is 50.0 Å². The Balaban J connectivity index is 1.33. The number of pyridine rings is 1. The molecule has 7 rings (SSSR count). The van der Waals surface area contributed by atoms with E-state index >= 15 is 4.39 Å². The first kappa shape index (κ1) is 28.3. The molecular weight excluding hydrogens is 578 g/mol. The second-order valence-electron chi connectivity index (χ2n) is 11.6. The Bertz CT molecular complexity index is 1810. The van der Waals surface area contributed by atoms with Gasteiger partial charge in [-0.2, -0.15) is 9.97 Å². The molecule has 43 heavy (non-hydrogen) atoms. The van der Waals surface area contributed by atoms with E-state index in [0.29, 0.717) is 35.3 Å². The number of aromatic nitrogens is 3. The molecule has 2 aromatic heterocycles. The van der Waals surface area contributed by atoms with Gasteiger partial charge in [-0.05, 0) is 50.2 Å². The minimum absolute atomic E-state index is 0.0139. The summed E-state index contributed by atoms with van der Waals surface area (Å²) in [5.41, 5.74) is 0.174. The van der Waals surface area contributed by atoms with Crippen molar-refractivity contribution in [3.05, 3.63) is 54.2 Å². The number of primary sulfonamides is 1. The van der Waals surface area contributed by atoms with Gasteiger partial charge in [-0.15, -0.1) is 0 Å². The molecule has 1 atom stereocenters. The van der Waals surface area contributed by atoms with Crippen molar-refractivity contribution in [2.24, 2.45) is 5.14 Å². The second-order valence-corrected chi connectivity index (χ2v) is 13.3.